The molecule has 4 N–H and O–H groups in total. The predicted molar refractivity (Wildman–Crippen MR) is 107 cm³/mol. The van der Waals surface area contributed by atoms with Gasteiger partial charge in [-0.15, -0.1) is 0 Å². The Morgan fingerprint density at radius 2 is 1.87 bits per heavy atom. The number of carbonyl (C=O) groups excluding carboxylic acids is 1. The third-order valence-electron chi connectivity index (χ3n) is 4.34. The van der Waals surface area contributed by atoms with Gasteiger partial charge in [0.1, 0.15) is 0 Å². The fourth-order valence-corrected chi connectivity index (χ4v) is 2.91. The number of nitrogens with one attached hydrogen (secondary N) is 2. The summed E-state index contributed by atoms with van der Waals surface area (Å²) in [4.78, 5) is 25.0. The van der Waals surface area contributed by atoms with Crippen LogP contribution in [0.5, 0.6) is 0 Å². The number of halogens is 3. The first-order chi connectivity index (χ1) is 14.1. The number of nitrogens with two attached hydrogens (primary N) is 1. The molecule has 0 fully saturated rings. The molecule has 10 heteroatoms. The zero-order valence-corrected chi connectivity index (χ0v) is 16.0. The predicted octanol–water partition coefficient (Wildman–Crippen LogP) is 3.23. The molecule has 0 saturated heterocycles. The van der Waals surface area contributed by atoms with Gasteiger partial charge < -0.3 is 5.73 Å². The van der Waals surface area contributed by atoms with Crippen LogP contribution in [0.1, 0.15) is 34.1 Å². The average molecular weight is 417 g/mol. The summed E-state index contributed by atoms with van der Waals surface area (Å²) in [5.74, 6) is -0.520. The first kappa shape index (κ1) is 20.9. The fraction of sp³-hybridized carbons (Fsp3) is 0.150. The van der Waals surface area contributed by atoms with Crippen LogP contribution >= 0.6 is 0 Å². The highest BCUT2D eigenvalue weighted by atomic mass is 19.4. The van der Waals surface area contributed by atoms with E-state index in [2.05, 4.69) is 15.6 Å². The van der Waals surface area contributed by atoms with Gasteiger partial charge in [-0.2, -0.15) is 18.3 Å². The van der Waals surface area contributed by atoms with Crippen molar-refractivity contribution in [3.05, 3.63) is 81.3 Å². The molecule has 1 aromatic heterocycles. The summed E-state index contributed by atoms with van der Waals surface area (Å²) in [6.45, 7) is 3.09. The molecule has 0 atom stereocenters. The molecule has 0 radical (unpaired) electrons. The van der Waals surface area contributed by atoms with Gasteiger partial charge >= 0.3 is 6.18 Å². The number of alkyl halides is 3. The highest BCUT2D eigenvalue weighted by Crippen LogP contribution is 2.30. The second kappa shape index (κ2) is 7.90. The number of hydrogen-bond donors (Lipinski definition) is 3. The lowest BCUT2D eigenvalue weighted by molar-refractivity contribution is -0.137. The summed E-state index contributed by atoms with van der Waals surface area (Å²) in [7, 11) is 0. The second-order valence-corrected chi connectivity index (χ2v) is 6.56. The van der Waals surface area contributed by atoms with Crippen LogP contribution < -0.4 is 16.7 Å². The zero-order valence-electron chi connectivity index (χ0n) is 16.0. The Labute approximate surface area is 169 Å². The van der Waals surface area contributed by atoms with Gasteiger partial charge in [-0.05, 0) is 50.2 Å². The molecule has 3 aromatic rings. The maximum absolute atomic E-state index is 13.0. The number of nitrogens with zero attached hydrogens (tertiary/aromatic N) is 2. The molecule has 0 unspecified atom stereocenters. The van der Waals surface area contributed by atoms with E-state index in [4.69, 9.17) is 5.73 Å². The van der Waals surface area contributed by atoms with E-state index in [0.29, 0.717) is 16.9 Å². The lowest BCUT2D eigenvalue weighted by Gasteiger charge is -2.08. The van der Waals surface area contributed by atoms with Gasteiger partial charge in [0.15, 0.2) is 0 Å². The number of nitrogen functional groups attached to an aromatic ring is 1. The third kappa shape index (κ3) is 4.27. The minimum Gasteiger partial charge on any atom is -0.399 e. The van der Waals surface area contributed by atoms with Crippen molar-refractivity contribution < 1.29 is 18.0 Å². The Bertz CT molecular complexity index is 1190. The van der Waals surface area contributed by atoms with Crippen molar-refractivity contribution in [2.75, 3.05) is 5.73 Å². The van der Waals surface area contributed by atoms with Gasteiger partial charge in [0.25, 0.3) is 11.5 Å². The van der Waals surface area contributed by atoms with Gasteiger partial charge in [0.2, 0.25) is 0 Å². The highest BCUT2D eigenvalue weighted by molar-refractivity contribution is 6.01. The Morgan fingerprint density at radius 3 is 2.53 bits per heavy atom. The molecule has 0 aliphatic carbocycles. The van der Waals surface area contributed by atoms with E-state index in [1.807, 2.05) is 0 Å². The molecule has 0 spiro atoms. The molecule has 7 nitrogen and oxygen atoms in total. The van der Waals surface area contributed by atoms with Crippen molar-refractivity contribution in [2.24, 2.45) is 5.10 Å². The standard InChI is InChI=1S/C20H18F3N5O2/c1-11(25-26-18(29)13-5-3-7-15(24)9-13)17-12(2)27-28(19(17)30)16-8-4-6-14(10-16)20(21,22)23/h3-10,27H,24H2,1-2H3,(H,26,29)/b25-11-. The van der Waals surface area contributed by atoms with Crippen molar-refractivity contribution in [3.8, 4) is 5.69 Å². The van der Waals surface area contributed by atoms with E-state index in [9.17, 15) is 22.8 Å². The number of hydrazone groups is 1. The molecule has 0 bridgehead atoms. The fourth-order valence-electron chi connectivity index (χ4n) is 2.91. The number of benzene rings is 2. The smallest absolute Gasteiger partial charge is 0.399 e. The van der Waals surface area contributed by atoms with Crippen LogP contribution in [0.2, 0.25) is 0 Å². The number of hydrogen-bond acceptors (Lipinski definition) is 4. The summed E-state index contributed by atoms with van der Waals surface area (Å²) in [5, 5.41) is 6.69. The van der Waals surface area contributed by atoms with Crippen molar-refractivity contribution in [3.63, 3.8) is 0 Å². The molecule has 1 heterocycles. The quantitative estimate of drug-likeness (QED) is 0.345. The van der Waals surface area contributed by atoms with Gasteiger partial charge in [0.05, 0.1) is 22.5 Å². The molecule has 2 aromatic carbocycles. The topological polar surface area (TPSA) is 105 Å². The number of aromatic nitrogens is 2. The van der Waals surface area contributed by atoms with E-state index in [1.165, 1.54) is 25.1 Å². The van der Waals surface area contributed by atoms with E-state index in [-0.39, 0.29) is 17.0 Å². The molecule has 0 aliphatic heterocycles. The van der Waals surface area contributed by atoms with Crippen LogP contribution in [0, 0.1) is 6.92 Å². The molecule has 1 amide bonds. The van der Waals surface area contributed by atoms with E-state index in [0.717, 1.165) is 16.8 Å². The van der Waals surface area contributed by atoms with Crippen LogP contribution in [0.3, 0.4) is 0 Å². The summed E-state index contributed by atoms with van der Waals surface area (Å²) in [5.41, 5.74) is 7.96. The second-order valence-electron chi connectivity index (χ2n) is 6.56. The Kier molecular flexibility index (Phi) is 5.50. The van der Waals surface area contributed by atoms with Crippen LogP contribution in [-0.4, -0.2) is 21.4 Å². The summed E-state index contributed by atoms with van der Waals surface area (Å²) >= 11 is 0. The van der Waals surface area contributed by atoms with Crippen molar-refractivity contribution in [1.29, 1.82) is 0 Å². The maximum Gasteiger partial charge on any atom is 0.416 e. The molecule has 156 valence electrons. The van der Waals surface area contributed by atoms with Gasteiger partial charge in [-0.1, -0.05) is 12.1 Å². The largest absolute Gasteiger partial charge is 0.416 e. The van der Waals surface area contributed by atoms with Crippen molar-refractivity contribution in [2.45, 2.75) is 20.0 Å². The maximum atomic E-state index is 13.0. The zero-order chi connectivity index (χ0) is 22.1. The monoisotopic (exact) mass is 417 g/mol. The minimum absolute atomic E-state index is 0.0285. The SMILES string of the molecule is C/C(=N/NC(=O)c1cccc(N)c1)c1c(C)[nH]n(-c2cccc(C(F)(F)F)c2)c1=O. The molecular weight excluding hydrogens is 399 g/mol. The number of anilines is 1. The van der Waals surface area contributed by atoms with Crippen LogP contribution in [0.15, 0.2) is 58.4 Å². The lowest BCUT2D eigenvalue weighted by Crippen LogP contribution is -2.23. The number of aryl methyl sites for hydroxylation is 1. The van der Waals surface area contributed by atoms with Crippen molar-refractivity contribution >= 4 is 17.3 Å². The van der Waals surface area contributed by atoms with Crippen LogP contribution in [0.4, 0.5) is 18.9 Å². The lowest BCUT2D eigenvalue weighted by atomic mass is 10.1. The first-order valence-electron chi connectivity index (χ1n) is 8.77. The molecule has 0 saturated carbocycles. The van der Waals surface area contributed by atoms with Crippen molar-refractivity contribution in [1.82, 2.24) is 15.2 Å². The van der Waals surface area contributed by atoms with Gasteiger partial charge in [-0.25, -0.2) is 10.1 Å². The Balaban J connectivity index is 1.91. The molecule has 3 rings (SSSR count). The van der Waals surface area contributed by atoms with Gasteiger partial charge in [-0.3, -0.25) is 14.7 Å². The van der Waals surface area contributed by atoms with Gasteiger partial charge in [0, 0.05) is 16.9 Å². The van der Waals surface area contributed by atoms with E-state index < -0.39 is 23.2 Å². The summed E-state index contributed by atoms with van der Waals surface area (Å²) in [6.07, 6.45) is -4.54. The average Bonchev–Trinajstić information content (AvgIpc) is 2.99. The van der Waals surface area contributed by atoms with Crippen LogP contribution in [-0.2, 0) is 6.18 Å². The summed E-state index contributed by atoms with van der Waals surface area (Å²) in [6, 6.07) is 10.7. The number of amides is 1. The van der Waals surface area contributed by atoms with Crippen LogP contribution in [0.25, 0.3) is 5.69 Å². The van der Waals surface area contributed by atoms with E-state index in [1.54, 1.807) is 25.1 Å². The molecule has 0 aliphatic rings. The molecule has 30 heavy (non-hydrogen) atoms. The number of carbonyl (C=O) groups is 1. The normalized spacial score (nSPS) is 12.1. The first-order valence-corrected chi connectivity index (χ1v) is 8.77. The Hall–Kier alpha value is -3.82. The minimum atomic E-state index is -4.54. The number of H-pyrrole nitrogens is 1. The molecular formula is C20H18F3N5O2. The Morgan fingerprint density at radius 1 is 1.17 bits per heavy atom. The third-order valence-corrected chi connectivity index (χ3v) is 4.34. The number of rotatable bonds is 4. The van der Waals surface area contributed by atoms with E-state index >= 15 is 0 Å². The highest BCUT2D eigenvalue weighted by Gasteiger charge is 2.30. The number of aromatic amines is 1. The summed E-state index contributed by atoms with van der Waals surface area (Å²) < 4.78 is 39.9.